The molecular formula is C23H15FO. The van der Waals surface area contributed by atoms with Crippen LogP contribution < -0.4 is 0 Å². The molecule has 1 nitrogen and oxygen atoms in total. The number of rotatable bonds is 2. The lowest BCUT2D eigenvalue weighted by molar-refractivity contribution is 0.626. The van der Waals surface area contributed by atoms with Crippen molar-refractivity contribution >= 4 is 32.7 Å². The standard InChI is InChI=1S/C23H15FO/c24-18-9-11-23-21(14-18)20-13-15(8-10-22(20)25-23)12-17-6-3-5-16-4-1-2-7-19(16)17/h1-11,13-14H,12H2. The van der Waals surface area contributed by atoms with Gasteiger partial charge in [0, 0.05) is 10.8 Å². The maximum Gasteiger partial charge on any atom is 0.135 e. The van der Waals surface area contributed by atoms with Crippen molar-refractivity contribution in [2.45, 2.75) is 6.42 Å². The molecule has 0 aliphatic heterocycles. The lowest BCUT2D eigenvalue weighted by Gasteiger charge is -2.07. The van der Waals surface area contributed by atoms with Crippen molar-refractivity contribution in [2.75, 3.05) is 0 Å². The Morgan fingerprint density at radius 2 is 1.44 bits per heavy atom. The minimum absolute atomic E-state index is 0.241. The molecule has 1 heterocycles. The highest BCUT2D eigenvalue weighted by Gasteiger charge is 2.09. The summed E-state index contributed by atoms with van der Waals surface area (Å²) in [5.41, 5.74) is 3.99. The zero-order valence-corrected chi connectivity index (χ0v) is 13.5. The van der Waals surface area contributed by atoms with Gasteiger partial charge in [0.15, 0.2) is 0 Å². The van der Waals surface area contributed by atoms with Crippen molar-refractivity contribution in [1.82, 2.24) is 0 Å². The number of hydrogen-bond donors (Lipinski definition) is 0. The zero-order chi connectivity index (χ0) is 16.8. The van der Waals surface area contributed by atoms with Crippen LogP contribution >= 0.6 is 0 Å². The second-order valence-electron chi connectivity index (χ2n) is 6.39. The van der Waals surface area contributed by atoms with E-state index < -0.39 is 0 Å². The molecule has 0 unspecified atom stereocenters. The van der Waals surface area contributed by atoms with Crippen molar-refractivity contribution in [1.29, 1.82) is 0 Å². The first kappa shape index (κ1) is 14.2. The minimum atomic E-state index is -0.241. The second kappa shape index (κ2) is 5.45. The molecule has 0 aliphatic carbocycles. The Morgan fingerprint density at radius 1 is 0.680 bits per heavy atom. The molecule has 0 fully saturated rings. The highest BCUT2D eigenvalue weighted by Crippen LogP contribution is 2.31. The molecule has 0 aliphatic rings. The summed E-state index contributed by atoms with van der Waals surface area (Å²) >= 11 is 0. The van der Waals surface area contributed by atoms with E-state index in [0.29, 0.717) is 0 Å². The third kappa shape index (κ3) is 2.38. The summed E-state index contributed by atoms with van der Waals surface area (Å²) in [5.74, 6) is -0.241. The van der Waals surface area contributed by atoms with Crippen LogP contribution in [0.1, 0.15) is 11.1 Å². The highest BCUT2D eigenvalue weighted by molar-refractivity contribution is 6.05. The fourth-order valence-corrected chi connectivity index (χ4v) is 3.57. The van der Waals surface area contributed by atoms with Crippen LogP contribution in [0.2, 0.25) is 0 Å². The highest BCUT2D eigenvalue weighted by atomic mass is 19.1. The van der Waals surface area contributed by atoms with Crippen LogP contribution in [0.4, 0.5) is 4.39 Å². The molecule has 4 aromatic carbocycles. The van der Waals surface area contributed by atoms with Gasteiger partial charge in [0.25, 0.3) is 0 Å². The fraction of sp³-hybridized carbons (Fsp3) is 0.0435. The average molecular weight is 326 g/mol. The van der Waals surface area contributed by atoms with Gasteiger partial charge < -0.3 is 4.42 Å². The van der Waals surface area contributed by atoms with Gasteiger partial charge in [-0.1, -0.05) is 48.5 Å². The van der Waals surface area contributed by atoms with Gasteiger partial charge in [-0.15, -0.1) is 0 Å². The molecule has 0 amide bonds. The number of halogens is 1. The maximum atomic E-state index is 13.6. The molecule has 0 radical (unpaired) electrons. The number of furan rings is 1. The van der Waals surface area contributed by atoms with Crippen LogP contribution in [0.3, 0.4) is 0 Å². The minimum Gasteiger partial charge on any atom is -0.456 e. The molecular weight excluding hydrogens is 311 g/mol. The lowest BCUT2D eigenvalue weighted by atomic mass is 9.97. The third-order valence-electron chi connectivity index (χ3n) is 4.77. The SMILES string of the molecule is Fc1ccc2oc3ccc(Cc4cccc5ccccc45)cc3c2c1. The van der Waals surface area contributed by atoms with Crippen LogP contribution in [-0.4, -0.2) is 0 Å². The molecule has 0 bridgehead atoms. The van der Waals surface area contributed by atoms with E-state index in [1.54, 1.807) is 12.1 Å². The third-order valence-corrected chi connectivity index (χ3v) is 4.77. The number of hydrogen-bond acceptors (Lipinski definition) is 1. The summed E-state index contributed by atoms with van der Waals surface area (Å²) in [6.07, 6.45) is 0.833. The van der Waals surface area contributed by atoms with Crippen molar-refractivity contribution in [3.05, 3.63) is 95.8 Å². The Bertz CT molecular complexity index is 1230. The van der Waals surface area contributed by atoms with E-state index in [-0.39, 0.29) is 5.82 Å². The van der Waals surface area contributed by atoms with Crippen LogP contribution in [0, 0.1) is 5.82 Å². The molecule has 5 rings (SSSR count). The summed E-state index contributed by atoms with van der Waals surface area (Å²) in [6.45, 7) is 0. The first-order valence-electron chi connectivity index (χ1n) is 8.35. The van der Waals surface area contributed by atoms with Gasteiger partial charge in [0.05, 0.1) is 0 Å². The monoisotopic (exact) mass is 326 g/mol. The van der Waals surface area contributed by atoms with E-state index >= 15 is 0 Å². The zero-order valence-electron chi connectivity index (χ0n) is 13.5. The summed E-state index contributed by atoms with van der Waals surface area (Å²) in [4.78, 5) is 0. The number of benzene rings is 4. The summed E-state index contributed by atoms with van der Waals surface area (Å²) in [7, 11) is 0. The molecule has 5 aromatic rings. The van der Waals surface area contributed by atoms with Crippen LogP contribution in [-0.2, 0) is 6.42 Å². The molecule has 120 valence electrons. The largest absolute Gasteiger partial charge is 0.456 e. The van der Waals surface area contributed by atoms with E-state index in [4.69, 9.17) is 4.42 Å². The maximum absolute atomic E-state index is 13.6. The molecule has 0 N–H and O–H groups in total. The van der Waals surface area contributed by atoms with Crippen molar-refractivity contribution < 1.29 is 8.81 Å². The fourth-order valence-electron chi connectivity index (χ4n) is 3.57. The van der Waals surface area contributed by atoms with Crippen molar-refractivity contribution in [3.63, 3.8) is 0 Å². The Labute approximate surface area is 144 Å². The van der Waals surface area contributed by atoms with E-state index in [2.05, 4.69) is 54.6 Å². The first-order valence-corrected chi connectivity index (χ1v) is 8.35. The quantitative estimate of drug-likeness (QED) is 0.362. The number of fused-ring (bicyclic) bond motifs is 4. The Balaban J connectivity index is 1.65. The Kier molecular flexibility index (Phi) is 3.10. The van der Waals surface area contributed by atoms with Gasteiger partial charge in [-0.05, 0) is 58.7 Å². The summed E-state index contributed by atoms with van der Waals surface area (Å²) in [6, 6.07) is 25.7. The molecule has 0 atom stereocenters. The van der Waals surface area contributed by atoms with Gasteiger partial charge in [-0.2, -0.15) is 0 Å². The molecule has 0 saturated heterocycles. The van der Waals surface area contributed by atoms with E-state index in [9.17, 15) is 4.39 Å². The van der Waals surface area contributed by atoms with Gasteiger partial charge in [-0.25, -0.2) is 4.39 Å². The van der Waals surface area contributed by atoms with Crippen LogP contribution in [0.15, 0.2) is 83.3 Å². The predicted molar refractivity (Wildman–Crippen MR) is 100 cm³/mol. The lowest BCUT2D eigenvalue weighted by Crippen LogP contribution is -1.89. The Morgan fingerprint density at radius 3 is 2.36 bits per heavy atom. The van der Waals surface area contributed by atoms with E-state index in [0.717, 1.165) is 28.4 Å². The molecule has 0 saturated carbocycles. The predicted octanol–water partition coefficient (Wildman–Crippen LogP) is 6.47. The topological polar surface area (TPSA) is 13.1 Å². The van der Waals surface area contributed by atoms with Crippen LogP contribution in [0.5, 0.6) is 0 Å². The van der Waals surface area contributed by atoms with Crippen molar-refractivity contribution in [2.24, 2.45) is 0 Å². The molecule has 0 spiro atoms. The van der Waals surface area contributed by atoms with Gasteiger partial charge >= 0.3 is 0 Å². The van der Waals surface area contributed by atoms with Crippen LogP contribution in [0.25, 0.3) is 32.7 Å². The molecule has 2 heteroatoms. The molecule has 25 heavy (non-hydrogen) atoms. The van der Waals surface area contributed by atoms with Gasteiger partial charge in [0.1, 0.15) is 17.0 Å². The smallest absolute Gasteiger partial charge is 0.135 e. The second-order valence-corrected chi connectivity index (χ2v) is 6.39. The van der Waals surface area contributed by atoms with Gasteiger partial charge in [0.2, 0.25) is 0 Å². The van der Waals surface area contributed by atoms with Crippen molar-refractivity contribution in [3.8, 4) is 0 Å². The first-order chi connectivity index (χ1) is 12.3. The summed E-state index contributed by atoms with van der Waals surface area (Å²) in [5, 5.41) is 4.31. The van der Waals surface area contributed by atoms with Gasteiger partial charge in [-0.3, -0.25) is 0 Å². The normalized spacial score (nSPS) is 11.6. The summed E-state index contributed by atoms with van der Waals surface area (Å²) < 4.78 is 19.4. The van der Waals surface area contributed by atoms with E-state index in [1.165, 1.54) is 28.0 Å². The molecule has 1 aromatic heterocycles. The average Bonchev–Trinajstić information content (AvgIpc) is 2.99. The van der Waals surface area contributed by atoms with E-state index in [1.807, 2.05) is 6.07 Å². The Hall–Kier alpha value is -3.13.